The highest BCUT2D eigenvalue weighted by molar-refractivity contribution is 6.02. The molecule has 0 radical (unpaired) electrons. The third-order valence-electron chi connectivity index (χ3n) is 10.1. The zero-order chi connectivity index (χ0) is 41.5. The second-order valence-corrected chi connectivity index (χ2v) is 15.7. The number of aryl methyl sites for hydroxylation is 1. The molecule has 0 spiro atoms. The highest BCUT2D eigenvalue weighted by atomic mass is 16.5. The van der Waals surface area contributed by atoms with Gasteiger partial charge in [-0.05, 0) is 66.6 Å². The lowest BCUT2D eigenvalue weighted by atomic mass is 9.99. The topological polar surface area (TPSA) is 186 Å². The number of carbonyl (C=O) groups is 5. The van der Waals surface area contributed by atoms with Crippen LogP contribution in [0.25, 0.3) is 0 Å². The number of ether oxygens (including phenoxy) is 2. The molecule has 1 aromatic heterocycles. The van der Waals surface area contributed by atoms with Crippen LogP contribution in [-0.4, -0.2) is 82.7 Å². The van der Waals surface area contributed by atoms with Crippen molar-refractivity contribution in [2.24, 2.45) is 11.8 Å². The number of hydrogen-bond donors (Lipinski definition) is 4. The molecule has 3 aliphatic heterocycles. The monoisotopic (exact) mass is 792 g/mol. The normalized spacial score (nSPS) is 20.6. The SMILES string of the molecule is Cc1nc2n(n1)CC(=O)N[C@@H](CC(C)C)COc1ccc(cc1)C[C@@H](NC(=O)c1ccc3c(c1)N(C)C(=O)CO3)C(=O)N[C@@H](Cc1ccccc1)C(=O)N[C@H]2C(C)C. The van der Waals surface area contributed by atoms with Gasteiger partial charge in [-0.3, -0.25) is 24.0 Å². The predicted molar refractivity (Wildman–Crippen MR) is 216 cm³/mol. The Hall–Kier alpha value is -6.25. The summed E-state index contributed by atoms with van der Waals surface area (Å²) in [5, 5.41) is 16.6. The van der Waals surface area contributed by atoms with E-state index >= 15 is 0 Å². The third kappa shape index (κ3) is 10.4. The lowest BCUT2D eigenvalue weighted by molar-refractivity contribution is -0.130. The van der Waals surface area contributed by atoms with Gasteiger partial charge in [-0.2, -0.15) is 5.10 Å². The van der Waals surface area contributed by atoms with Crippen molar-refractivity contribution in [3.63, 3.8) is 0 Å². The molecular weight excluding hydrogens is 741 g/mol. The number of aromatic nitrogens is 3. The van der Waals surface area contributed by atoms with Gasteiger partial charge in [0.05, 0.1) is 17.8 Å². The Labute approximate surface area is 338 Å². The second-order valence-electron chi connectivity index (χ2n) is 15.7. The van der Waals surface area contributed by atoms with E-state index in [1.54, 1.807) is 44.3 Å². The molecule has 0 saturated carbocycles. The summed E-state index contributed by atoms with van der Waals surface area (Å²) in [4.78, 5) is 74.7. The van der Waals surface area contributed by atoms with Gasteiger partial charge < -0.3 is 35.6 Å². The summed E-state index contributed by atoms with van der Waals surface area (Å²) >= 11 is 0. The van der Waals surface area contributed by atoms with Crippen molar-refractivity contribution in [1.29, 1.82) is 0 Å². The van der Waals surface area contributed by atoms with Crippen LogP contribution in [0.15, 0.2) is 72.8 Å². The van der Waals surface area contributed by atoms with E-state index in [0.29, 0.717) is 35.3 Å². The maximum Gasteiger partial charge on any atom is 0.264 e. The lowest BCUT2D eigenvalue weighted by Gasteiger charge is -2.28. The molecule has 3 aromatic carbocycles. The van der Waals surface area contributed by atoms with Crippen LogP contribution in [0, 0.1) is 18.8 Å². The van der Waals surface area contributed by atoms with E-state index in [-0.39, 0.29) is 67.9 Å². The molecular formula is C43H52N8O7. The maximum absolute atomic E-state index is 14.4. The van der Waals surface area contributed by atoms with Gasteiger partial charge in [0.25, 0.3) is 11.8 Å². The van der Waals surface area contributed by atoms with Gasteiger partial charge in [0, 0.05) is 25.5 Å². The van der Waals surface area contributed by atoms with Crippen LogP contribution >= 0.6 is 0 Å². The molecule has 4 atom stereocenters. The van der Waals surface area contributed by atoms with E-state index in [1.807, 2.05) is 56.3 Å². The van der Waals surface area contributed by atoms with E-state index in [2.05, 4.69) is 45.2 Å². The van der Waals surface area contributed by atoms with E-state index in [0.717, 1.165) is 11.1 Å². The van der Waals surface area contributed by atoms with Crippen LogP contribution in [-0.2, 0) is 38.6 Å². The number of likely N-dealkylation sites (N-methyl/N-ethyl adjacent to an activating group) is 1. The van der Waals surface area contributed by atoms with Crippen molar-refractivity contribution in [1.82, 2.24) is 36.0 Å². The highest BCUT2D eigenvalue weighted by Crippen LogP contribution is 2.32. The quantitative estimate of drug-likeness (QED) is 0.218. The Morgan fingerprint density at radius 1 is 0.914 bits per heavy atom. The van der Waals surface area contributed by atoms with Crippen molar-refractivity contribution in [2.75, 3.05) is 25.2 Å². The average Bonchev–Trinajstić information content (AvgIpc) is 3.55. The van der Waals surface area contributed by atoms with Gasteiger partial charge in [0.15, 0.2) is 12.4 Å². The second kappa shape index (κ2) is 18.3. The molecule has 5 amide bonds. The van der Waals surface area contributed by atoms with E-state index in [9.17, 15) is 24.0 Å². The maximum atomic E-state index is 14.4. The van der Waals surface area contributed by atoms with Gasteiger partial charge in [-0.25, -0.2) is 9.67 Å². The smallest absolute Gasteiger partial charge is 0.264 e. The minimum atomic E-state index is -1.13. The minimum Gasteiger partial charge on any atom is -0.491 e. The molecule has 0 unspecified atom stereocenters. The molecule has 3 aliphatic rings. The number of hydrogen-bond acceptors (Lipinski definition) is 9. The van der Waals surface area contributed by atoms with Crippen molar-refractivity contribution < 1.29 is 33.4 Å². The number of nitrogens with one attached hydrogen (secondary N) is 4. The average molecular weight is 793 g/mol. The Morgan fingerprint density at radius 3 is 2.36 bits per heavy atom. The Bertz CT molecular complexity index is 2120. The molecule has 15 nitrogen and oxygen atoms in total. The fraction of sp³-hybridized carbons (Fsp3) is 0.419. The Kier molecular flexibility index (Phi) is 13.1. The van der Waals surface area contributed by atoms with Crippen molar-refractivity contribution in [3.8, 4) is 11.5 Å². The van der Waals surface area contributed by atoms with Crippen molar-refractivity contribution >= 4 is 35.2 Å². The van der Waals surface area contributed by atoms with E-state index in [4.69, 9.17) is 9.47 Å². The molecule has 0 fully saturated rings. The van der Waals surface area contributed by atoms with Crippen molar-refractivity contribution in [2.45, 2.75) is 84.6 Å². The first kappa shape index (κ1) is 41.4. The van der Waals surface area contributed by atoms with Gasteiger partial charge in [-0.15, -0.1) is 0 Å². The number of benzene rings is 3. The standard InChI is InChI=1S/C43H52N8O7/c1-25(2)18-31-23-57-32-15-12-29(13-16-32)20-33(46-41(54)30-14-17-36-35(21-30)50(6)38(53)24-58-36)42(55)47-34(19-28-10-8-7-9-11-28)43(56)48-39(26(3)4)40-44-27(5)49-51(40)22-37(52)45-31/h7-17,21,25-26,31,33-34,39H,18-20,22-24H2,1-6H3,(H,45,52)(H,46,54)(H,47,55)(H,48,56)/t31-,33+,34-,39-/m0/s1. The van der Waals surface area contributed by atoms with Crippen LogP contribution in [0.2, 0.25) is 0 Å². The molecule has 58 heavy (non-hydrogen) atoms. The first-order valence-corrected chi connectivity index (χ1v) is 19.7. The minimum absolute atomic E-state index is 0.0764. The summed E-state index contributed by atoms with van der Waals surface area (Å²) in [6.45, 7) is 9.70. The molecule has 4 aromatic rings. The zero-order valence-corrected chi connectivity index (χ0v) is 33.8. The van der Waals surface area contributed by atoms with Gasteiger partial charge in [-0.1, -0.05) is 70.2 Å². The zero-order valence-electron chi connectivity index (χ0n) is 33.8. The molecule has 15 heteroatoms. The summed E-state index contributed by atoms with van der Waals surface area (Å²) in [6, 6.07) is 18.0. The molecule has 7 rings (SSSR count). The van der Waals surface area contributed by atoms with Gasteiger partial charge in [0.1, 0.15) is 42.6 Å². The third-order valence-corrected chi connectivity index (χ3v) is 10.1. The Balaban J connectivity index is 1.36. The van der Waals surface area contributed by atoms with Gasteiger partial charge in [0.2, 0.25) is 17.7 Å². The molecule has 0 aliphatic carbocycles. The molecule has 306 valence electrons. The molecule has 0 saturated heterocycles. The number of anilines is 1. The fourth-order valence-electron chi connectivity index (χ4n) is 7.10. The largest absolute Gasteiger partial charge is 0.491 e. The first-order chi connectivity index (χ1) is 27.7. The summed E-state index contributed by atoms with van der Waals surface area (Å²) < 4.78 is 13.2. The number of amides is 5. The molecule has 4 heterocycles. The number of nitrogens with zero attached hydrogens (tertiary/aromatic N) is 4. The summed E-state index contributed by atoms with van der Waals surface area (Å²) in [6.07, 6.45) is 0.889. The van der Waals surface area contributed by atoms with Crippen LogP contribution in [0.4, 0.5) is 5.69 Å². The van der Waals surface area contributed by atoms with E-state index in [1.165, 1.54) is 9.58 Å². The number of carbonyl (C=O) groups excluding carboxylic acids is 5. The van der Waals surface area contributed by atoms with Crippen molar-refractivity contribution in [3.05, 3.63) is 101 Å². The van der Waals surface area contributed by atoms with Gasteiger partial charge >= 0.3 is 0 Å². The van der Waals surface area contributed by atoms with Crippen LogP contribution in [0.1, 0.15) is 73.3 Å². The number of fused-ring (bicyclic) bond motifs is 15. The molecule has 4 N–H and O–H groups in total. The summed E-state index contributed by atoms with van der Waals surface area (Å²) in [5.41, 5.74) is 2.17. The summed E-state index contributed by atoms with van der Waals surface area (Å²) in [7, 11) is 1.61. The van der Waals surface area contributed by atoms with Crippen LogP contribution < -0.4 is 35.6 Å². The first-order valence-electron chi connectivity index (χ1n) is 19.7. The van der Waals surface area contributed by atoms with Crippen LogP contribution in [0.5, 0.6) is 11.5 Å². The Morgan fingerprint density at radius 2 is 1.66 bits per heavy atom. The lowest BCUT2D eigenvalue weighted by Crippen LogP contribution is -2.55. The van der Waals surface area contributed by atoms with E-state index < -0.39 is 35.8 Å². The number of rotatable bonds is 7. The summed E-state index contributed by atoms with van der Waals surface area (Å²) in [5.74, 6) is -0.204. The predicted octanol–water partition coefficient (Wildman–Crippen LogP) is 3.45. The highest BCUT2D eigenvalue weighted by Gasteiger charge is 2.33. The molecule has 2 bridgehead atoms. The fourth-order valence-corrected chi connectivity index (χ4v) is 7.10. The van der Waals surface area contributed by atoms with Crippen LogP contribution in [0.3, 0.4) is 0 Å².